The SMILES string of the molecule is CCOC(=O)c1c(-c2ccc(F)cc2)csc1NC(=O)C=Cc1ccc(OC)cc1OC. The Morgan fingerprint density at radius 1 is 1.09 bits per heavy atom. The van der Waals surface area contributed by atoms with E-state index in [0.29, 0.717) is 33.2 Å². The van der Waals surface area contributed by atoms with Gasteiger partial charge in [-0.05, 0) is 42.8 Å². The minimum Gasteiger partial charge on any atom is -0.497 e. The van der Waals surface area contributed by atoms with E-state index in [0.717, 1.165) is 0 Å². The van der Waals surface area contributed by atoms with Crippen molar-refractivity contribution >= 4 is 34.3 Å². The quantitative estimate of drug-likeness (QED) is 0.364. The molecule has 0 aliphatic rings. The minimum atomic E-state index is -0.566. The Kier molecular flexibility index (Phi) is 7.62. The fourth-order valence-corrected chi connectivity index (χ4v) is 3.93. The highest BCUT2D eigenvalue weighted by Crippen LogP contribution is 2.36. The van der Waals surface area contributed by atoms with Crippen LogP contribution in [0.25, 0.3) is 17.2 Å². The molecule has 0 radical (unpaired) electrons. The first-order valence-electron chi connectivity index (χ1n) is 9.72. The van der Waals surface area contributed by atoms with Crippen LogP contribution in [0, 0.1) is 5.82 Å². The molecule has 8 heteroatoms. The fourth-order valence-electron chi connectivity index (χ4n) is 2.97. The van der Waals surface area contributed by atoms with Crippen LogP contribution in [0.4, 0.5) is 9.39 Å². The van der Waals surface area contributed by atoms with Gasteiger partial charge in [-0.3, -0.25) is 4.79 Å². The molecule has 2 aromatic carbocycles. The van der Waals surface area contributed by atoms with E-state index in [1.54, 1.807) is 55.8 Å². The average Bonchev–Trinajstić information content (AvgIpc) is 3.21. The zero-order valence-electron chi connectivity index (χ0n) is 17.8. The van der Waals surface area contributed by atoms with Gasteiger partial charge in [-0.1, -0.05) is 12.1 Å². The van der Waals surface area contributed by atoms with Crippen LogP contribution in [0.3, 0.4) is 0 Å². The van der Waals surface area contributed by atoms with Gasteiger partial charge in [-0.25, -0.2) is 9.18 Å². The van der Waals surface area contributed by atoms with Crippen LogP contribution in [-0.2, 0) is 9.53 Å². The van der Waals surface area contributed by atoms with E-state index in [-0.39, 0.29) is 18.0 Å². The first-order chi connectivity index (χ1) is 15.5. The van der Waals surface area contributed by atoms with Gasteiger partial charge in [0.15, 0.2) is 0 Å². The van der Waals surface area contributed by atoms with Gasteiger partial charge in [0.2, 0.25) is 5.91 Å². The number of carbonyl (C=O) groups is 2. The van der Waals surface area contributed by atoms with E-state index in [4.69, 9.17) is 14.2 Å². The van der Waals surface area contributed by atoms with Crippen LogP contribution in [0.15, 0.2) is 53.9 Å². The maximum atomic E-state index is 13.3. The largest absolute Gasteiger partial charge is 0.497 e. The normalized spacial score (nSPS) is 10.8. The van der Waals surface area contributed by atoms with Crippen molar-refractivity contribution in [2.45, 2.75) is 6.92 Å². The molecule has 0 unspecified atom stereocenters. The summed E-state index contributed by atoms with van der Waals surface area (Å²) in [5, 5.41) is 4.81. The molecule has 0 fully saturated rings. The molecular formula is C24H22FNO5S. The van der Waals surface area contributed by atoms with Crippen molar-refractivity contribution in [2.24, 2.45) is 0 Å². The highest BCUT2D eigenvalue weighted by Gasteiger charge is 2.22. The number of esters is 1. The van der Waals surface area contributed by atoms with Gasteiger partial charge in [0, 0.05) is 28.6 Å². The van der Waals surface area contributed by atoms with E-state index in [1.807, 2.05) is 0 Å². The number of halogens is 1. The molecule has 32 heavy (non-hydrogen) atoms. The summed E-state index contributed by atoms with van der Waals surface area (Å²) in [6, 6.07) is 11.0. The molecule has 0 saturated heterocycles. The van der Waals surface area contributed by atoms with E-state index in [2.05, 4.69) is 5.32 Å². The summed E-state index contributed by atoms with van der Waals surface area (Å²) in [4.78, 5) is 25.2. The van der Waals surface area contributed by atoms with Crippen molar-refractivity contribution in [1.82, 2.24) is 0 Å². The van der Waals surface area contributed by atoms with Crippen LogP contribution < -0.4 is 14.8 Å². The lowest BCUT2D eigenvalue weighted by Gasteiger charge is -2.08. The number of carbonyl (C=O) groups excluding carboxylic acids is 2. The molecule has 0 atom stereocenters. The highest BCUT2D eigenvalue weighted by atomic mass is 32.1. The van der Waals surface area contributed by atoms with Crippen molar-refractivity contribution in [2.75, 3.05) is 26.1 Å². The second-order valence-corrected chi connectivity index (χ2v) is 7.39. The van der Waals surface area contributed by atoms with Crippen LogP contribution in [0.1, 0.15) is 22.8 Å². The molecular weight excluding hydrogens is 433 g/mol. The van der Waals surface area contributed by atoms with Crippen LogP contribution in [0.5, 0.6) is 11.5 Å². The zero-order valence-corrected chi connectivity index (χ0v) is 18.6. The van der Waals surface area contributed by atoms with Gasteiger partial charge in [-0.2, -0.15) is 0 Å². The van der Waals surface area contributed by atoms with Gasteiger partial charge in [0.1, 0.15) is 27.9 Å². The highest BCUT2D eigenvalue weighted by molar-refractivity contribution is 7.15. The van der Waals surface area contributed by atoms with Gasteiger partial charge >= 0.3 is 5.97 Å². The third-order valence-corrected chi connectivity index (χ3v) is 5.41. The monoisotopic (exact) mass is 455 g/mol. The number of hydrogen-bond acceptors (Lipinski definition) is 6. The lowest BCUT2D eigenvalue weighted by Crippen LogP contribution is -2.12. The fraction of sp³-hybridized carbons (Fsp3) is 0.167. The molecule has 1 heterocycles. The molecule has 166 valence electrons. The lowest BCUT2D eigenvalue weighted by atomic mass is 10.0. The van der Waals surface area contributed by atoms with Gasteiger partial charge < -0.3 is 19.5 Å². The summed E-state index contributed by atoms with van der Waals surface area (Å²) < 4.78 is 29.0. The van der Waals surface area contributed by atoms with Crippen molar-refractivity contribution in [3.8, 4) is 22.6 Å². The number of ether oxygens (including phenoxy) is 3. The molecule has 0 aliphatic heterocycles. The Balaban J connectivity index is 1.86. The van der Waals surface area contributed by atoms with E-state index >= 15 is 0 Å². The predicted molar refractivity (Wildman–Crippen MR) is 123 cm³/mol. The molecule has 3 aromatic rings. The number of amides is 1. The van der Waals surface area contributed by atoms with E-state index in [1.165, 1.54) is 36.7 Å². The summed E-state index contributed by atoms with van der Waals surface area (Å²) in [6.07, 6.45) is 2.95. The summed E-state index contributed by atoms with van der Waals surface area (Å²) in [5.41, 5.74) is 2.12. The summed E-state index contributed by atoms with van der Waals surface area (Å²) in [5.74, 6) is -0.191. The molecule has 6 nitrogen and oxygen atoms in total. The van der Waals surface area contributed by atoms with Crippen LogP contribution >= 0.6 is 11.3 Å². The number of hydrogen-bond donors (Lipinski definition) is 1. The average molecular weight is 456 g/mol. The third kappa shape index (κ3) is 5.33. The van der Waals surface area contributed by atoms with Crippen molar-refractivity contribution in [1.29, 1.82) is 0 Å². The molecule has 1 amide bonds. The summed E-state index contributed by atoms with van der Waals surface area (Å²) in [7, 11) is 3.08. The molecule has 1 N–H and O–H groups in total. The maximum absolute atomic E-state index is 13.3. The minimum absolute atomic E-state index is 0.183. The zero-order chi connectivity index (χ0) is 23.1. The van der Waals surface area contributed by atoms with Gasteiger partial charge in [0.05, 0.1) is 20.8 Å². The number of benzene rings is 2. The number of rotatable bonds is 8. The molecule has 0 saturated carbocycles. The molecule has 0 spiro atoms. The summed E-state index contributed by atoms with van der Waals surface area (Å²) >= 11 is 1.19. The Bertz CT molecular complexity index is 1140. The van der Waals surface area contributed by atoms with Crippen molar-refractivity contribution in [3.63, 3.8) is 0 Å². The van der Waals surface area contributed by atoms with Gasteiger partial charge in [-0.15, -0.1) is 11.3 Å². The Hall–Kier alpha value is -3.65. The second kappa shape index (κ2) is 10.6. The standard InChI is InChI=1S/C24H22FNO5S/c1-4-31-24(28)22-19(15-5-9-17(25)10-6-15)14-32-23(22)26-21(27)12-8-16-7-11-18(29-2)13-20(16)30-3/h5-14H,4H2,1-3H3,(H,26,27). The first-order valence-corrected chi connectivity index (χ1v) is 10.6. The lowest BCUT2D eigenvalue weighted by molar-refractivity contribution is -0.111. The number of methoxy groups -OCH3 is 2. The van der Waals surface area contributed by atoms with Gasteiger partial charge in [0.25, 0.3) is 0 Å². The van der Waals surface area contributed by atoms with E-state index in [9.17, 15) is 14.0 Å². The molecule has 0 aliphatic carbocycles. The number of nitrogens with one attached hydrogen (secondary N) is 1. The predicted octanol–water partition coefficient (Wildman–Crippen LogP) is 5.40. The van der Waals surface area contributed by atoms with Crippen LogP contribution in [0.2, 0.25) is 0 Å². The Morgan fingerprint density at radius 2 is 1.84 bits per heavy atom. The third-order valence-electron chi connectivity index (χ3n) is 4.52. The topological polar surface area (TPSA) is 73.9 Å². The maximum Gasteiger partial charge on any atom is 0.341 e. The Morgan fingerprint density at radius 3 is 2.50 bits per heavy atom. The van der Waals surface area contributed by atoms with Crippen LogP contribution in [-0.4, -0.2) is 32.7 Å². The first kappa shape index (κ1) is 23.0. The number of anilines is 1. The molecule has 0 bridgehead atoms. The van der Waals surface area contributed by atoms with Crippen molar-refractivity contribution < 1.29 is 28.2 Å². The smallest absolute Gasteiger partial charge is 0.341 e. The molecule has 3 rings (SSSR count). The Labute approximate surface area is 189 Å². The van der Waals surface area contributed by atoms with E-state index < -0.39 is 11.9 Å². The molecule has 1 aromatic heterocycles. The number of thiophene rings is 1. The summed E-state index contributed by atoms with van der Waals surface area (Å²) in [6.45, 7) is 1.88. The second-order valence-electron chi connectivity index (χ2n) is 6.51. The van der Waals surface area contributed by atoms with Crippen molar-refractivity contribution in [3.05, 3.63) is 70.9 Å².